The van der Waals surface area contributed by atoms with Crippen LogP contribution in [-0.2, 0) is 26.2 Å². The molecule has 180 valence electrons. The van der Waals surface area contributed by atoms with Gasteiger partial charge in [0.2, 0.25) is 21.8 Å². The van der Waals surface area contributed by atoms with E-state index < -0.39 is 40.2 Å². The lowest BCUT2D eigenvalue weighted by Gasteiger charge is -2.31. The second-order valence-electron chi connectivity index (χ2n) is 8.19. The second-order valence-corrected chi connectivity index (χ2v) is 10.1. The maximum Gasteiger partial charge on any atom is 0.244 e. The fraction of sp³-hybridized carbons (Fsp3) is 0.391. The van der Waals surface area contributed by atoms with Gasteiger partial charge in [0.25, 0.3) is 0 Å². The molecule has 0 spiro atoms. The minimum Gasteiger partial charge on any atom is -0.354 e. The molecule has 10 heteroatoms. The molecule has 1 N–H and O–H groups in total. The maximum atomic E-state index is 13.8. The highest BCUT2D eigenvalue weighted by Gasteiger charge is 2.30. The first-order valence-electron chi connectivity index (χ1n) is 10.4. The van der Waals surface area contributed by atoms with Crippen LogP contribution in [0.15, 0.2) is 48.5 Å². The summed E-state index contributed by atoms with van der Waals surface area (Å²) < 4.78 is 52.6. The van der Waals surface area contributed by atoms with Gasteiger partial charge in [-0.2, -0.15) is 0 Å². The van der Waals surface area contributed by atoms with E-state index in [9.17, 15) is 26.8 Å². The van der Waals surface area contributed by atoms with Crippen LogP contribution in [0.1, 0.15) is 26.3 Å². The smallest absolute Gasteiger partial charge is 0.244 e. The number of nitrogens with zero attached hydrogens (tertiary/aromatic N) is 2. The highest BCUT2D eigenvalue weighted by atomic mass is 32.2. The molecule has 0 bridgehead atoms. The van der Waals surface area contributed by atoms with Crippen molar-refractivity contribution in [3.63, 3.8) is 0 Å². The minimum atomic E-state index is -4.02. The van der Waals surface area contributed by atoms with Crippen LogP contribution < -0.4 is 9.62 Å². The summed E-state index contributed by atoms with van der Waals surface area (Å²) in [4.78, 5) is 27.2. The largest absolute Gasteiger partial charge is 0.354 e. The van der Waals surface area contributed by atoms with Crippen molar-refractivity contribution in [3.05, 3.63) is 65.7 Å². The summed E-state index contributed by atoms with van der Waals surface area (Å²) >= 11 is 0. The fourth-order valence-electron chi connectivity index (χ4n) is 3.07. The first-order chi connectivity index (χ1) is 15.4. The average Bonchev–Trinajstić information content (AvgIpc) is 2.75. The van der Waals surface area contributed by atoms with E-state index >= 15 is 0 Å². The highest BCUT2D eigenvalue weighted by Crippen LogP contribution is 2.21. The highest BCUT2D eigenvalue weighted by molar-refractivity contribution is 7.92. The topological polar surface area (TPSA) is 86.8 Å². The van der Waals surface area contributed by atoms with Crippen LogP contribution in [0.25, 0.3) is 0 Å². The van der Waals surface area contributed by atoms with Crippen molar-refractivity contribution in [2.24, 2.45) is 5.92 Å². The lowest BCUT2D eigenvalue weighted by molar-refractivity contribution is -0.139. The Hall–Kier alpha value is -3.01. The van der Waals surface area contributed by atoms with Crippen molar-refractivity contribution in [1.82, 2.24) is 10.2 Å². The van der Waals surface area contributed by atoms with Crippen LogP contribution in [0, 0.1) is 17.6 Å². The number of anilines is 1. The van der Waals surface area contributed by atoms with Crippen molar-refractivity contribution in [2.45, 2.75) is 33.4 Å². The molecule has 1 atom stereocenters. The van der Waals surface area contributed by atoms with Gasteiger partial charge in [0.1, 0.15) is 12.6 Å². The Balaban J connectivity index is 2.36. The van der Waals surface area contributed by atoms with E-state index in [1.165, 1.54) is 4.90 Å². The molecule has 33 heavy (non-hydrogen) atoms. The van der Waals surface area contributed by atoms with Gasteiger partial charge in [0.05, 0.1) is 11.9 Å². The van der Waals surface area contributed by atoms with Crippen molar-refractivity contribution in [2.75, 3.05) is 23.7 Å². The number of benzene rings is 2. The molecule has 0 aliphatic carbocycles. The molecule has 0 aliphatic rings. The number of hydrogen-bond acceptors (Lipinski definition) is 4. The van der Waals surface area contributed by atoms with Crippen molar-refractivity contribution in [3.8, 4) is 0 Å². The number of carbonyl (C=O) groups excluding carboxylic acids is 2. The maximum absolute atomic E-state index is 13.8. The Bertz CT molecular complexity index is 1080. The molecule has 0 aliphatic heterocycles. The summed E-state index contributed by atoms with van der Waals surface area (Å²) in [6, 6.07) is 10.6. The number of sulfonamides is 1. The molecular formula is C23H29F2N3O4S. The van der Waals surface area contributed by atoms with Gasteiger partial charge in [-0.05, 0) is 30.5 Å². The Kier molecular flexibility index (Phi) is 8.92. The van der Waals surface area contributed by atoms with Gasteiger partial charge >= 0.3 is 0 Å². The predicted octanol–water partition coefficient (Wildman–Crippen LogP) is 2.92. The molecule has 2 rings (SSSR count). The van der Waals surface area contributed by atoms with Crippen LogP contribution >= 0.6 is 0 Å². The number of amides is 2. The third-order valence-electron chi connectivity index (χ3n) is 4.92. The summed E-state index contributed by atoms with van der Waals surface area (Å²) in [5.74, 6) is -3.22. The third-order valence-corrected chi connectivity index (χ3v) is 6.06. The lowest BCUT2D eigenvalue weighted by atomic mass is 10.1. The van der Waals surface area contributed by atoms with Gasteiger partial charge in [0.15, 0.2) is 11.6 Å². The molecule has 0 saturated heterocycles. The van der Waals surface area contributed by atoms with Crippen molar-refractivity contribution < 1.29 is 26.8 Å². The van der Waals surface area contributed by atoms with Gasteiger partial charge in [-0.25, -0.2) is 17.2 Å². The predicted molar refractivity (Wildman–Crippen MR) is 123 cm³/mol. The molecule has 0 heterocycles. The summed E-state index contributed by atoms with van der Waals surface area (Å²) in [7, 11) is -4.02. The summed E-state index contributed by atoms with van der Waals surface area (Å²) in [5.41, 5.74) is 0.550. The Labute approximate surface area is 193 Å². The van der Waals surface area contributed by atoms with Crippen molar-refractivity contribution >= 4 is 27.5 Å². The summed E-state index contributed by atoms with van der Waals surface area (Å²) in [5, 5.41) is 2.78. The Morgan fingerprint density at radius 3 is 2.18 bits per heavy atom. The van der Waals surface area contributed by atoms with E-state index in [2.05, 4.69) is 5.32 Å². The molecule has 1 unspecified atom stereocenters. The zero-order valence-corrected chi connectivity index (χ0v) is 19.9. The quantitative estimate of drug-likeness (QED) is 0.565. The standard InChI is InChI=1S/C23H29F2N3O4S/c1-16(2)13-26-23(30)17(3)27(14-18-8-6-5-7-9-18)22(29)15-28(33(4,31)32)19-10-11-20(24)21(25)12-19/h5-12,16-17H,13-15H2,1-4H3,(H,26,30). The fourth-order valence-corrected chi connectivity index (χ4v) is 3.91. The third kappa shape index (κ3) is 7.52. The second kappa shape index (κ2) is 11.2. The first kappa shape index (κ1) is 26.2. The van der Waals surface area contributed by atoms with E-state index in [1.807, 2.05) is 19.9 Å². The molecule has 2 aromatic carbocycles. The zero-order chi connectivity index (χ0) is 24.8. The molecular weight excluding hydrogens is 452 g/mol. The van der Waals surface area contributed by atoms with Crippen molar-refractivity contribution in [1.29, 1.82) is 0 Å². The molecule has 0 aromatic heterocycles. The Morgan fingerprint density at radius 1 is 1.00 bits per heavy atom. The molecule has 0 fully saturated rings. The number of halogens is 2. The first-order valence-corrected chi connectivity index (χ1v) is 12.3. The zero-order valence-electron chi connectivity index (χ0n) is 19.1. The monoisotopic (exact) mass is 481 g/mol. The van der Waals surface area contributed by atoms with Crippen LogP contribution in [0.4, 0.5) is 14.5 Å². The van der Waals surface area contributed by atoms with Crippen LogP contribution in [0.5, 0.6) is 0 Å². The van der Waals surface area contributed by atoms with Crippen LogP contribution in [0.3, 0.4) is 0 Å². The van der Waals surface area contributed by atoms with Crippen LogP contribution in [0.2, 0.25) is 0 Å². The van der Waals surface area contributed by atoms with E-state index in [0.29, 0.717) is 16.9 Å². The molecule has 0 radical (unpaired) electrons. The van der Waals surface area contributed by atoms with Gasteiger partial charge in [0, 0.05) is 19.2 Å². The molecule has 0 saturated carbocycles. The minimum absolute atomic E-state index is 0.0608. The number of hydrogen-bond donors (Lipinski definition) is 1. The average molecular weight is 482 g/mol. The summed E-state index contributed by atoms with van der Waals surface area (Å²) in [6.45, 7) is 5.22. The number of nitrogens with one attached hydrogen (secondary N) is 1. The Morgan fingerprint density at radius 2 is 1.64 bits per heavy atom. The van der Waals surface area contributed by atoms with E-state index in [-0.39, 0.29) is 24.1 Å². The normalized spacial score (nSPS) is 12.3. The van der Waals surface area contributed by atoms with E-state index in [4.69, 9.17) is 0 Å². The molecule has 2 aromatic rings. The van der Waals surface area contributed by atoms with Gasteiger partial charge in [-0.3, -0.25) is 13.9 Å². The number of carbonyl (C=O) groups is 2. The van der Waals surface area contributed by atoms with Gasteiger partial charge in [-0.15, -0.1) is 0 Å². The number of rotatable bonds is 10. The SMILES string of the molecule is CC(C)CNC(=O)C(C)N(Cc1ccccc1)C(=O)CN(c1ccc(F)c(F)c1)S(C)(=O)=O. The lowest BCUT2D eigenvalue weighted by Crippen LogP contribution is -2.51. The summed E-state index contributed by atoms with van der Waals surface area (Å²) in [6.07, 6.45) is 0.863. The van der Waals surface area contributed by atoms with Crippen LogP contribution in [-0.4, -0.2) is 50.5 Å². The molecule has 7 nitrogen and oxygen atoms in total. The van der Waals surface area contributed by atoms with E-state index in [0.717, 1.165) is 24.0 Å². The van der Waals surface area contributed by atoms with E-state index in [1.54, 1.807) is 31.2 Å². The molecule has 2 amide bonds. The van der Waals surface area contributed by atoms with Gasteiger partial charge in [-0.1, -0.05) is 44.2 Å². The van der Waals surface area contributed by atoms with Gasteiger partial charge < -0.3 is 10.2 Å².